The zero-order valence-corrected chi connectivity index (χ0v) is 7.50. The van der Waals surface area contributed by atoms with E-state index in [2.05, 4.69) is 20.8 Å². The van der Waals surface area contributed by atoms with Crippen LogP contribution in [0.5, 0.6) is 0 Å². The Bertz CT molecular complexity index is 209. The van der Waals surface area contributed by atoms with Gasteiger partial charge in [0, 0.05) is 0 Å². The fourth-order valence-electron chi connectivity index (χ4n) is 3.31. The fourth-order valence-corrected chi connectivity index (χ4v) is 3.31. The molecule has 3 rings (SSSR count). The van der Waals surface area contributed by atoms with Gasteiger partial charge in [0.25, 0.3) is 0 Å². The van der Waals surface area contributed by atoms with Crippen molar-refractivity contribution in [2.24, 2.45) is 23.2 Å². The van der Waals surface area contributed by atoms with Gasteiger partial charge in [-0.05, 0) is 29.6 Å². The highest BCUT2D eigenvalue weighted by Crippen LogP contribution is 2.70. The van der Waals surface area contributed by atoms with Crippen molar-refractivity contribution in [2.45, 2.75) is 39.4 Å². The molecular weight excluding hydrogens is 136 g/mol. The van der Waals surface area contributed by atoms with Gasteiger partial charge in [-0.3, -0.25) is 0 Å². The van der Waals surface area contributed by atoms with Gasteiger partial charge in [0.15, 0.2) is 0 Å². The van der Waals surface area contributed by atoms with Crippen LogP contribution in [0, 0.1) is 23.2 Å². The zero-order chi connectivity index (χ0) is 7.80. The Morgan fingerprint density at radius 2 is 2.00 bits per heavy atom. The average molecular weight is 152 g/mol. The molecule has 1 heteroatoms. The normalized spacial score (nSPS) is 63.0. The third kappa shape index (κ3) is 0.618. The number of hydrogen-bond acceptors (Lipinski definition) is 1. The van der Waals surface area contributed by atoms with Crippen molar-refractivity contribution >= 4 is 0 Å². The predicted molar refractivity (Wildman–Crippen MR) is 43.2 cm³/mol. The highest BCUT2D eigenvalue weighted by Gasteiger charge is 2.71. The quantitative estimate of drug-likeness (QED) is 0.484. The molecular formula is C10H16O. The van der Waals surface area contributed by atoms with Crippen molar-refractivity contribution in [2.75, 3.05) is 0 Å². The number of ether oxygens (including phenoxy) is 1. The number of hydrogen-bond donors (Lipinski definition) is 0. The lowest BCUT2D eigenvalue weighted by atomic mass is 9.91. The van der Waals surface area contributed by atoms with Crippen LogP contribution < -0.4 is 0 Å². The Morgan fingerprint density at radius 1 is 1.27 bits per heavy atom. The van der Waals surface area contributed by atoms with Crippen LogP contribution in [0.25, 0.3) is 0 Å². The maximum atomic E-state index is 5.68. The molecule has 11 heavy (non-hydrogen) atoms. The van der Waals surface area contributed by atoms with Crippen LogP contribution in [0.2, 0.25) is 0 Å². The van der Waals surface area contributed by atoms with E-state index < -0.39 is 0 Å². The molecule has 2 saturated carbocycles. The van der Waals surface area contributed by atoms with Gasteiger partial charge in [-0.15, -0.1) is 0 Å². The van der Waals surface area contributed by atoms with Crippen LogP contribution in [0.1, 0.15) is 27.2 Å². The molecule has 0 N–H and O–H groups in total. The Hall–Kier alpha value is -0.0400. The second-order valence-electron chi connectivity index (χ2n) is 5.23. The molecule has 1 heterocycles. The maximum Gasteiger partial charge on any atom is 0.0880 e. The summed E-state index contributed by atoms with van der Waals surface area (Å²) in [6, 6.07) is 0. The fraction of sp³-hybridized carbons (Fsp3) is 1.00. The minimum Gasteiger partial charge on any atom is -0.369 e. The first-order valence-corrected chi connectivity index (χ1v) is 4.78. The Kier molecular flexibility index (Phi) is 0.893. The molecule has 1 aliphatic heterocycles. The molecule has 0 aromatic heterocycles. The molecule has 0 amide bonds. The van der Waals surface area contributed by atoms with Crippen LogP contribution >= 0.6 is 0 Å². The summed E-state index contributed by atoms with van der Waals surface area (Å²) < 4.78 is 5.68. The lowest BCUT2D eigenvalue weighted by molar-refractivity contribution is 0.305. The van der Waals surface area contributed by atoms with Gasteiger partial charge in [-0.1, -0.05) is 20.8 Å². The van der Waals surface area contributed by atoms with Crippen LogP contribution in [-0.2, 0) is 4.74 Å². The number of epoxide rings is 1. The SMILES string of the molecule is CC1CC2C(C3OC13)C2(C)C. The molecule has 0 aromatic rings. The van der Waals surface area contributed by atoms with Gasteiger partial charge in [0.1, 0.15) is 0 Å². The summed E-state index contributed by atoms with van der Waals surface area (Å²) >= 11 is 0. The molecule has 1 nitrogen and oxygen atoms in total. The Morgan fingerprint density at radius 3 is 2.73 bits per heavy atom. The van der Waals surface area contributed by atoms with Crippen molar-refractivity contribution in [3.8, 4) is 0 Å². The highest BCUT2D eigenvalue weighted by atomic mass is 16.6. The van der Waals surface area contributed by atoms with E-state index in [4.69, 9.17) is 4.74 Å². The van der Waals surface area contributed by atoms with Crippen molar-refractivity contribution in [1.29, 1.82) is 0 Å². The van der Waals surface area contributed by atoms with Gasteiger partial charge < -0.3 is 4.74 Å². The molecule has 1 saturated heterocycles. The second-order valence-corrected chi connectivity index (χ2v) is 5.23. The van der Waals surface area contributed by atoms with Gasteiger partial charge >= 0.3 is 0 Å². The number of fused-ring (bicyclic) bond motifs is 3. The first kappa shape index (κ1) is 6.47. The van der Waals surface area contributed by atoms with E-state index in [0.29, 0.717) is 17.6 Å². The highest BCUT2D eigenvalue weighted by molar-refractivity contribution is 5.18. The molecule has 62 valence electrons. The van der Waals surface area contributed by atoms with Gasteiger partial charge in [0.2, 0.25) is 0 Å². The maximum absolute atomic E-state index is 5.68. The largest absolute Gasteiger partial charge is 0.369 e. The standard InChI is InChI=1S/C10H16O/c1-5-4-6-7(10(6,2)3)9-8(5)11-9/h5-9H,4H2,1-3H3. The molecule has 3 aliphatic rings. The van der Waals surface area contributed by atoms with E-state index in [1.807, 2.05) is 0 Å². The van der Waals surface area contributed by atoms with E-state index in [1.54, 1.807) is 0 Å². The molecule has 0 spiro atoms. The topological polar surface area (TPSA) is 12.5 Å². The zero-order valence-electron chi connectivity index (χ0n) is 7.50. The van der Waals surface area contributed by atoms with Crippen molar-refractivity contribution < 1.29 is 4.74 Å². The Balaban J connectivity index is 1.88. The lowest BCUT2D eigenvalue weighted by Crippen LogP contribution is -2.14. The molecule has 2 aliphatic carbocycles. The monoisotopic (exact) mass is 152 g/mol. The predicted octanol–water partition coefficient (Wildman–Crippen LogP) is 2.07. The van der Waals surface area contributed by atoms with Crippen molar-refractivity contribution in [3.63, 3.8) is 0 Å². The molecule has 0 aromatic carbocycles. The summed E-state index contributed by atoms with van der Waals surface area (Å²) in [5, 5.41) is 0. The summed E-state index contributed by atoms with van der Waals surface area (Å²) in [6.45, 7) is 7.15. The molecule has 0 bridgehead atoms. The van der Waals surface area contributed by atoms with Crippen LogP contribution in [-0.4, -0.2) is 12.2 Å². The van der Waals surface area contributed by atoms with Gasteiger partial charge in [-0.25, -0.2) is 0 Å². The minimum absolute atomic E-state index is 0.615. The van der Waals surface area contributed by atoms with E-state index in [-0.39, 0.29) is 0 Å². The Labute approximate surface area is 68.1 Å². The number of rotatable bonds is 0. The average Bonchev–Trinajstić information content (AvgIpc) is 2.72. The summed E-state index contributed by atoms with van der Waals surface area (Å²) in [4.78, 5) is 0. The van der Waals surface area contributed by atoms with Crippen LogP contribution in [0.4, 0.5) is 0 Å². The molecule has 0 radical (unpaired) electrons. The second kappa shape index (κ2) is 1.52. The van der Waals surface area contributed by atoms with E-state index in [0.717, 1.165) is 17.8 Å². The first-order valence-electron chi connectivity index (χ1n) is 4.78. The summed E-state index contributed by atoms with van der Waals surface area (Å²) in [6.07, 6.45) is 2.73. The third-order valence-electron chi connectivity index (χ3n) is 4.24. The van der Waals surface area contributed by atoms with Gasteiger partial charge in [0.05, 0.1) is 12.2 Å². The summed E-state index contributed by atoms with van der Waals surface area (Å²) in [5.74, 6) is 2.74. The van der Waals surface area contributed by atoms with E-state index in [1.165, 1.54) is 6.42 Å². The van der Waals surface area contributed by atoms with Crippen LogP contribution in [0.15, 0.2) is 0 Å². The minimum atomic E-state index is 0.615. The van der Waals surface area contributed by atoms with Crippen molar-refractivity contribution in [1.82, 2.24) is 0 Å². The molecule has 5 atom stereocenters. The summed E-state index contributed by atoms with van der Waals surface area (Å²) in [5.41, 5.74) is 0.615. The van der Waals surface area contributed by atoms with Gasteiger partial charge in [-0.2, -0.15) is 0 Å². The molecule has 3 fully saturated rings. The first-order chi connectivity index (χ1) is 5.12. The third-order valence-corrected chi connectivity index (χ3v) is 4.24. The molecule has 5 unspecified atom stereocenters. The summed E-state index contributed by atoms with van der Waals surface area (Å²) in [7, 11) is 0. The van der Waals surface area contributed by atoms with Crippen LogP contribution in [0.3, 0.4) is 0 Å². The van der Waals surface area contributed by atoms with Crippen molar-refractivity contribution in [3.05, 3.63) is 0 Å². The van der Waals surface area contributed by atoms with E-state index >= 15 is 0 Å². The van der Waals surface area contributed by atoms with E-state index in [9.17, 15) is 0 Å². The lowest BCUT2D eigenvalue weighted by Gasteiger charge is -2.11. The smallest absolute Gasteiger partial charge is 0.0880 e.